The molecule has 1 aromatic carbocycles. The summed E-state index contributed by atoms with van der Waals surface area (Å²) in [6, 6.07) is 3.98. The Balaban J connectivity index is 2.23. The average Bonchev–Trinajstić information content (AvgIpc) is 3.11. The van der Waals surface area contributed by atoms with Gasteiger partial charge in [-0.2, -0.15) is 5.26 Å². The smallest absolute Gasteiger partial charge is 0.266 e. The van der Waals surface area contributed by atoms with Crippen LogP contribution in [-0.2, 0) is 9.53 Å². The minimum atomic E-state index is -0.869. The number of methoxy groups -OCH3 is 1. The molecule has 0 aliphatic carbocycles. The summed E-state index contributed by atoms with van der Waals surface area (Å²) < 4.78 is 10.2. The standard InChI is InChI=1S/C16H17N3O6/c1-24-14-7-10(6-13(15(14)20)19(22)23)5-11(8-17)16(21)18-9-12-3-2-4-25-12/h5-7,12,20H,2-4,9H2,1H3,(H,18,21)/p-1/b11-5+/t12-/m1/s1. The fourth-order valence-electron chi connectivity index (χ4n) is 2.40. The van der Waals surface area contributed by atoms with E-state index in [4.69, 9.17) is 9.47 Å². The van der Waals surface area contributed by atoms with Gasteiger partial charge in [0, 0.05) is 25.0 Å². The molecular weight excluding hydrogens is 330 g/mol. The van der Waals surface area contributed by atoms with Crippen molar-refractivity contribution in [2.24, 2.45) is 0 Å². The van der Waals surface area contributed by atoms with Crippen molar-refractivity contribution in [2.45, 2.75) is 18.9 Å². The summed E-state index contributed by atoms with van der Waals surface area (Å²) in [5.41, 5.74) is -0.789. The maximum atomic E-state index is 12.1. The highest BCUT2D eigenvalue weighted by Crippen LogP contribution is 2.35. The van der Waals surface area contributed by atoms with Crippen LogP contribution in [0.3, 0.4) is 0 Å². The zero-order valence-corrected chi connectivity index (χ0v) is 13.5. The van der Waals surface area contributed by atoms with E-state index in [1.807, 2.05) is 0 Å². The molecule has 0 unspecified atom stereocenters. The van der Waals surface area contributed by atoms with Crippen LogP contribution in [0.4, 0.5) is 5.69 Å². The lowest BCUT2D eigenvalue weighted by molar-refractivity contribution is -0.398. The predicted octanol–water partition coefficient (Wildman–Crippen LogP) is 0.879. The largest absolute Gasteiger partial charge is 0.865 e. The first kappa shape index (κ1) is 18.2. The molecule has 2 rings (SSSR count). The summed E-state index contributed by atoms with van der Waals surface area (Å²) >= 11 is 0. The van der Waals surface area contributed by atoms with Crippen molar-refractivity contribution in [1.29, 1.82) is 5.26 Å². The van der Waals surface area contributed by atoms with E-state index in [9.17, 15) is 25.3 Å². The molecule has 132 valence electrons. The highest BCUT2D eigenvalue weighted by molar-refractivity contribution is 6.01. The molecule has 9 heteroatoms. The molecule has 1 aliphatic heterocycles. The topological polar surface area (TPSA) is 138 Å². The summed E-state index contributed by atoms with van der Waals surface area (Å²) in [4.78, 5) is 22.2. The highest BCUT2D eigenvalue weighted by Gasteiger charge is 2.18. The second-order valence-corrected chi connectivity index (χ2v) is 5.34. The molecule has 0 radical (unpaired) electrons. The summed E-state index contributed by atoms with van der Waals surface area (Å²) in [6.07, 6.45) is 2.84. The molecule has 1 heterocycles. The number of nitrogens with one attached hydrogen (secondary N) is 1. The quantitative estimate of drug-likeness (QED) is 0.349. The van der Waals surface area contributed by atoms with Gasteiger partial charge in [-0.15, -0.1) is 0 Å². The first-order valence-electron chi connectivity index (χ1n) is 7.51. The molecular formula is C16H16N3O6-. The number of carbonyl (C=O) groups excluding carboxylic acids is 1. The number of ether oxygens (including phenoxy) is 2. The number of nitro benzene ring substituents is 1. The molecule has 1 fully saturated rings. The Morgan fingerprint density at radius 2 is 2.36 bits per heavy atom. The Morgan fingerprint density at radius 3 is 2.92 bits per heavy atom. The van der Waals surface area contributed by atoms with Crippen LogP contribution in [0.25, 0.3) is 6.08 Å². The van der Waals surface area contributed by atoms with Gasteiger partial charge in [0.1, 0.15) is 17.4 Å². The average molecular weight is 346 g/mol. The van der Waals surface area contributed by atoms with Crippen molar-refractivity contribution in [3.63, 3.8) is 0 Å². The van der Waals surface area contributed by atoms with E-state index in [0.29, 0.717) is 6.61 Å². The van der Waals surface area contributed by atoms with Crippen LogP contribution in [0.5, 0.6) is 11.5 Å². The third-order valence-corrected chi connectivity index (χ3v) is 3.66. The molecule has 1 atom stereocenters. The van der Waals surface area contributed by atoms with E-state index in [1.165, 1.54) is 19.3 Å². The maximum absolute atomic E-state index is 12.1. The zero-order chi connectivity index (χ0) is 18.4. The zero-order valence-electron chi connectivity index (χ0n) is 13.5. The van der Waals surface area contributed by atoms with Crippen LogP contribution in [0.1, 0.15) is 18.4 Å². The molecule has 0 saturated carbocycles. The van der Waals surface area contributed by atoms with Crippen LogP contribution in [-0.4, -0.2) is 37.2 Å². The summed E-state index contributed by atoms with van der Waals surface area (Å²) in [5, 5.41) is 34.5. The van der Waals surface area contributed by atoms with E-state index in [-0.39, 0.29) is 29.5 Å². The minimum absolute atomic E-state index is 0.0789. The molecule has 0 aromatic heterocycles. The van der Waals surface area contributed by atoms with Gasteiger partial charge < -0.3 is 19.9 Å². The molecule has 25 heavy (non-hydrogen) atoms. The summed E-state index contributed by atoms with van der Waals surface area (Å²) in [7, 11) is 1.20. The Hall–Kier alpha value is -3.12. The summed E-state index contributed by atoms with van der Waals surface area (Å²) in [6.45, 7) is 0.924. The lowest BCUT2D eigenvalue weighted by Gasteiger charge is -2.13. The lowest BCUT2D eigenvalue weighted by atomic mass is 10.1. The van der Waals surface area contributed by atoms with Crippen molar-refractivity contribution in [3.05, 3.63) is 33.4 Å². The van der Waals surface area contributed by atoms with Gasteiger partial charge in [0.05, 0.1) is 18.1 Å². The number of nitrogens with zero attached hydrogens (tertiary/aromatic N) is 2. The highest BCUT2D eigenvalue weighted by atomic mass is 16.6. The van der Waals surface area contributed by atoms with Crippen molar-refractivity contribution < 1.29 is 24.3 Å². The van der Waals surface area contributed by atoms with Gasteiger partial charge in [0.25, 0.3) is 11.6 Å². The van der Waals surface area contributed by atoms with E-state index in [0.717, 1.165) is 18.9 Å². The lowest BCUT2D eigenvalue weighted by Crippen LogP contribution is -2.32. The van der Waals surface area contributed by atoms with E-state index < -0.39 is 22.3 Å². The van der Waals surface area contributed by atoms with Gasteiger partial charge in [-0.3, -0.25) is 14.9 Å². The predicted molar refractivity (Wildman–Crippen MR) is 84.7 cm³/mol. The number of carbonyl (C=O) groups is 1. The monoisotopic (exact) mass is 346 g/mol. The van der Waals surface area contributed by atoms with Gasteiger partial charge in [-0.1, -0.05) is 0 Å². The third-order valence-electron chi connectivity index (χ3n) is 3.66. The second-order valence-electron chi connectivity index (χ2n) is 5.34. The van der Waals surface area contributed by atoms with Crippen molar-refractivity contribution in [1.82, 2.24) is 5.32 Å². The van der Waals surface area contributed by atoms with E-state index in [2.05, 4.69) is 5.32 Å². The molecule has 0 bridgehead atoms. The van der Waals surface area contributed by atoms with Gasteiger partial charge in [-0.05, 0) is 30.5 Å². The van der Waals surface area contributed by atoms with Gasteiger partial charge in [0.15, 0.2) is 0 Å². The molecule has 1 aliphatic rings. The Kier molecular flexibility index (Phi) is 5.92. The molecule has 1 saturated heterocycles. The molecule has 9 nitrogen and oxygen atoms in total. The van der Waals surface area contributed by atoms with Crippen LogP contribution >= 0.6 is 0 Å². The Labute approximate surface area is 143 Å². The normalized spacial score (nSPS) is 17.0. The van der Waals surface area contributed by atoms with Crippen LogP contribution in [0.15, 0.2) is 17.7 Å². The number of amides is 1. The van der Waals surface area contributed by atoms with Gasteiger partial charge in [-0.25, -0.2) is 0 Å². The first-order chi connectivity index (χ1) is 12.0. The first-order valence-corrected chi connectivity index (χ1v) is 7.51. The van der Waals surface area contributed by atoms with Crippen LogP contribution in [0.2, 0.25) is 0 Å². The van der Waals surface area contributed by atoms with Crippen molar-refractivity contribution in [3.8, 4) is 17.6 Å². The number of nitriles is 1. The van der Waals surface area contributed by atoms with Crippen molar-refractivity contribution in [2.75, 3.05) is 20.3 Å². The summed E-state index contributed by atoms with van der Waals surface area (Å²) in [5.74, 6) is -1.73. The fraction of sp³-hybridized carbons (Fsp3) is 0.375. The Bertz CT molecular complexity index is 747. The van der Waals surface area contributed by atoms with Gasteiger partial charge >= 0.3 is 0 Å². The van der Waals surface area contributed by atoms with E-state index in [1.54, 1.807) is 6.07 Å². The van der Waals surface area contributed by atoms with E-state index >= 15 is 0 Å². The minimum Gasteiger partial charge on any atom is -0.865 e. The second kappa shape index (κ2) is 8.12. The van der Waals surface area contributed by atoms with Crippen molar-refractivity contribution >= 4 is 17.7 Å². The van der Waals surface area contributed by atoms with Gasteiger partial charge in [0.2, 0.25) is 0 Å². The maximum Gasteiger partial charge on any atom is 0.266 e. The molecule has 1 aromatic rings. The number of rotatable bonds is 6. The Morgan fingerprint density at radius 1 is 1.60 bits per heavy atom. The molecule has 1 N–H and O–H groups in total. The van der Waals surface area contributed by atoms with Crippen LogP contribution in [0, 0.1) is 21.4 Å². The molecule has 0 spiro atoms. The number of benzene rings is 1. The van der Waals surface area contributed by atoms with Crippen LogP contribution < -0.4 is 15.2 Å². The number of hydrogen-bond donors (Lipinski definition) is 1. The third kappa shape index (κ3) is 4.45. The molecule has 1 amide bonds. The number of nitro groups is 1. The SMILES string of the molecule is COc1cc(/C=C(\C#N)C(=O)NC[C@H]2CCCO2)cc([N+](=O)[O-])c1[O-]. The number of hydrogen-bond acceptors (Lipinski definition) is 7. The fourth-order valence-corrected chi connectivity index (χ4v) is 2.40.